The van der Waals surface area contributed by atoms with Crippen LogP contribution >= 0.6 is 12.2 Å². The summed E-state index contributed by atoms with van der Waals surface area (Å²) in [6.45, 7) is 4.33. The standard InChI is InChI=1S/C17H25N3OS/c1-3-13-8-10-14(11-9-13)16(21)19-20-17(22)18-15-7-5-4-6-12(15)2/h8-12,15H,3-7H2,1-2H3,(H,19,21)(H2,18,20,22)/t12-,15+/m1/s1. The Morgan fingerprint density at radius 2 is 1.86 bits per heavy atom. The summed E-state index contributed by atoms with van der Waals surface area (Å²) >= 11 is 5.26. The maximum absolute atomic E-state index is 12.0. The van der Waals surface area contributed by atoms with Crippen LogP contribution < -0.4 is 16.2 Å². The molecule has 1 aromatic rings. The number of rotatable bonds is 3. The SMILES string of the molecule is CCc1ccc(C(=O)NNC(=S)N[C@H]2CCCC[C@H]2C)cc1. The van der Waals surface area contributed by atoms with E-state index in [4.69, 9.17) is 12.2 Å². The molecule has 1 aromatic carbocycles. The zero-order valence-corrected chi connectivity index (χ0v) is 14.1. The van der Waals surface area contributed by atoms with Crippen LogP contribution in [0.5, 0.6) is 0 Å². The zero-order valence-electron chi connectivity index (χ0n) is 13.3. The third kappa shape index (κ3) is 4.70. The molecule has 1 aliphatic rings. The Labute approximate surface area is 138 Å². The average molecular weight is 319 g/mol. The van der Waals surface area contributed by atoms with Gasteiger partial charge in [0.1, 0.15) is 0 Å². The highest BCUT2D eigenvalue weighted by Gasteiger charge is 2.21. The van der Waals surface area contributed by atoms with Crippen LogP contribution in [0.2, 0.25) is 0 Å². The molecule has 0 saturated heterocycles. The fourth-order valence-corrected chi connectivity index (χ4v) is 3.02. The molecule has 2 atom stereocenters. The fraction of sp³-hybridized carbons (Fsp3) is 0.529. The minimum Gasteiger partial charge on any atom is -0.358 e. The van der Waals surface area contributed by atoms with Crippen molar-refractivity contribution in [2.45, 2.75) is 52.0 Å². The van der Waals surface area contributed by atoms with Crippen LogP contribution in [-0.2, 0) is 6.42 Å². The molecular formula is C17H25N3OS. The first-order chi connectivity index (χ1) is 10.6. The highest BCUT2D eigenvalue weighted by Crippen LogP contribution is 2.23. The Balaban J connectivity index is 1.78. The van der Waals surface area contributed by atoms with E-state index in [2.05, 4.69) is 30.0 Å². The van der Waals surface area contributed by atoms with Crippen molar-refractivity contribution in [2.24, 2.45) is 5.92 Å². The lowest BCUT2D eigenvalue weighted by Crippen LogP contribution is -2.51. The summed E-state index contributed by atoms with van der Waals surface area (Å²) in [6, 6.07) is 7.99. The molecule has 1 saturated carbocycles. The molecule has 1 fully saturated rings. The summed E-state index contributed by atoms with van der Waals surface area (Å²) in [4.78, 5) is 12.0. The summed E-state index contributed by atoms with van der Waals surface area (Å²) in [5.74, 6) is 0.439. The van der Waals surface area contributed by atoms with Gasteiger partial charge in [-0.2, -0.15) is 0 Å². The number of hydrogen-bond donors (Lipinski definition) is 3. The number of aryl methyl sites for hydroxylation is 1. The van der Waals surface area contributed by atoms with Crippen LogP contribution in [0.1, 0.15) is 55.5 Å². The molecule has 5 heteroatoms. The molecule has 1 amide bonds. The Bertz CT molecular complexity index is 515. The zero-order chi connectivity index (χ0) is 15.9. The maximum Gasteiger partial charge on any atom is 0.269 e. The Kier molecular flexibility index (Phi) is 6.19. The number of carbonyl (C=O) groups excluding carboxylic acids is 1. The third-order valence-corrected chi connectivity index (χ3v) is 4.56. The Morgan fingerprint density at radius 3 is 2.50 bits per heavy atom. The normalized spacial score (nSPS) is 21.0. The van der Waals surface area contributed by atoms with Crippen molar-refractivity contribution < 1.29 is 4.79 Å². The second-order valence-electron chi connectivity index (χ2n) is 5.97. The van der Waals surface area contributed by atoms with E-state index in [1.807, 2.05) is 24.3 Å². The lowest BCUT2D eigenvalue weighted by molar-refractivity contribution is 0.0943. The van der Waals surface area contributed by atoms with Gasteiger partial charge in [0, 0.05) is 11.6 Å². The van der Waals surface area contributed by atoms with E-state index < -0.39 is 0 Å². The smallest absolute Gasteiger partial charge is 0.269 e. The highest BCUT2D eigenvalue weighted by molar-refractivity contribution is 7.80. The molecule has 0 aromatic heterocycles. The van der Waals surface area contributed by atoms with Crippen LogP contribution in [0.15, 0.2) is 24.3 Å². The van der Waals surface area contributed by atoms with Gasteiger partial charge >= 0.3 is 0 Å². The van der Waals surface area contributed by atoms with Gasteiger partial charge in [0.05, 0.1) is 0 Å². The fourth-order valence-electron chi connectivity index (χ4n) is 2.81. The van der Waals surface area contributed by atoms with Crippen molar-refractivity contribution in [1.82, 2.24) is 16.2 Å². The lowest BCUT2D eigenvalue weighted by Gasteiger charge is -2.30. The van der Waals surface area contributed by atoms with E-state index in [1.54, 1.807) is 0 Å². The topological polar surface area (TPSA) is 53.2 Å². The quantitative estimate of drug-likeness (QED) is 0.592. The van der Waals surface area contributed by atoms with Crippen LogP contribution in [0.25, 0.3) is 0 Å². The first kappa shape index (κ1) is 16.7. The number of benzene rings is 1. The molecule has 2 rings (SSSR count). The Morgan fingerprint density at radius 1 is 1.18 bits per heavy atom. The number of carbonyl (C=O) groups is 1. The molecule has 3 N–H and O–H groups in total. The minimum absolute atomic E-state index is 0.177. The average Bonchev–Trinajstić information content (AvgIpc) is 2.55. The Hall–Kier alpha value is -1.62. The number of amides is 1. The summed E-state index contributed by atoms with van der Waals surface area (Å²) < 4.78 is 0. The van der Waals surface area contributed by atoms with Crippen molar-refractivity contribution in [1.29, 1.82) is 0 Å². The first-order valence-corrected chi connectivity index (χ1v) is 8.46. The highest BCUT2D eigenvalue weighted by atomic mass is 32.1. The minimum atomic E-state index is -0.177. The molecule has 0 bridgehead atoms. The molecule has 0 aliphatic heterocycles. The number of hydrazine groups is 1. The maximum atomic E-state index is 12.0. The van der Waals surface area contributed by atoms with Crippen LogP contribution in [0, 0.1) is 5.92 Å². The number of thiocarbonyl (C=S) groups is 1. The van der Waals surface area contributed by atoms with E-state index in [0.29, 0.717) is 22.6 Å². The molecule has 1 aliphatic carbocycles. The van der Waals surface area contributed by atoms with Crippen molar-refractivity contribution >= 4 is 23.2 Å². The van der Waals surface area contributed by atoms with Gasteiger partial charge in [-0.3, -0.25) is 15.6 Å². The van der Waals surface area contributed by atoms with Crippen molar-refractivity contribution in [3.05, 3.63) is 35.4 Å². The van der Waals surface area contributed by atoms with Gasteiger partial charge in [-0.1, -0.05) is 38.8 Å². The summed E-state index contributed by atoms with van der Waals surface area (Å²) in [6.07, 6.45) is 5.87. The molecule has 120 valence electrons. The van der Waals surface area contributed by atoms with E-state index in [9.17, 15) is 4.79 Å². The van der Waals surface area contributed by atoms with Gasteiger partial charge in [-0.15, -0.1) is 0 Å². The second-order valence-corrected chi connectivity index (χ2v) is 6.38. The summed E-state index contributed by atoms with van der Waals surface area (Å²) in [5, 5.41) is 3.78. The van der Waals surface area contributed by atoms with E-state index in [1.165, 1.54) is 24.8 Å². The van der Waals surface area contributed by atoms with E-state index in [-0.39, 0.29) is 5.91 Å². The van der Waals surface area contributed by atoms with Gasteiger partial charge in [-0.05, 0) is 55.1 Å². The second kappa shape index (κ2) is 8.13. The van der Waals surface area contributed by atoms with Crippen molar-refractivity contribution in [3.8, 4) is 0 Å². The summed E-state index contributed by atoms with van der Waals surface area (Å²) in [7, 11) is 0. The van der Waals surface area contributed by atoms with Gasteiger partial charge in [-0.25, -0.2) is 0 Å². The van der Waals surface area contributed by atoms with Crippen LogP contribution in [-0.4, -0.2) is 17.1 Å². The van der Waals surface area contributed by atoms with Crippen LogP contribution in [0.3, 0.4) is 0 Å². The molecule has 0 unspecified atom stereocenters. The summed E-state index contributed by atoms with van der Waals surface area (Å²) in [5.41, 5.74) is 7.29. The lowest BCUT2D eigenvalue weighted by atomic mass is 9.86. The molecule has 0 heterocycles. The molecule has 0 radical (unpaired) electrons. The largest absolute Gasteiger partial charge is 0.358 e. The third-order valence-electron chi connectivity index (χ3n) is 4.34. The van der Waals surface area contributed by atoms with E-state index >= 15 is 0 Å². The molecular weight excluding hydrogens is 294 g/mol. The monoisotopic (exact) mass is 319 g/mol. The van der Waals surface area contributed by atoms with Gasteiger partial charge in [0.15, 0.2) is 5.11 Å². The van der Waals surface area contributed by atoms with Gasteiger partial charge in [0.25, 0.3) is 5.91 Å². The van der Waals surface area contributed by atoms with Crippen molar-refractivity contribution in [3.63, 3.8) is 0 Å². The van der Waals surface area contributed by atoms with E-state index in [0.717, 1.165) is 12.8 Å². The molecule has 4 nitrogen and oxygen atoms in total. The predicted molar refractivity (Wildman–Crippen MR) is 93.6 cm³/mol. The molecule has 0 spiro atoms. The van der Waals surface area contributed by atoms with Gasteiger partial charge in [0.2, 0.25) is 0 Å². The van der Waals surface area contributed by atoms with Crippen molar-refractivity contribution in [2.75, 3.05) is 0 Å². The molecule has 22 heavy (non-hydrogen) atoms. The van der Waals surface area contributed by atoms with Crippen LogP contribution in [0.4, 0.5) is 0 Å². The first-order valence-electron chi connectivity index (χ1n) is 8.06. The number of hydrogen-bond acceptors (Lipinski definition) is 2. The van der Waals surface area contributed by atoms with Gasteiger partial charge < -0.3 is 5.32 Å². The predicted octanol–water partition coefficient (Wildman–Crippen LogP) is 2.94. The number of nitrogens with one attached hydrogen (secondary N) is 3.